The van der Waals surface area contributed by atoms with Crippen LogP contribution in [-0.2, 0) is 0 Å². The molecule has 166 valence electrons. The predicted octanol–water partition coefficient (Wildman–Crippen LogP) is 5.58. The largest absolute Gasteiger partial charge is 0.673 e. The molecule has 0 nitrogen and oxygen atoms in total. The van der Waals surface area contributed by atoms with Crippen molar-refractivity contribution in [1.82, 2.24) is 0 Å². The van der Waals surface area contributed by atoms with Crippen LogP contribution >= 0.6 is 0 Å². The molecule has 1 fully saturated rings. The van der Waals surface area contributed by atoms with Crippen molar-refractivity contribution in [2.75, 3.05) is 0 Å². The molecule has 0 N–H and O–H groups in total. The van der Waals surface area contributed by atoms with E-state index in [1.807, 2.05) is 0 Å². The number of benzene rings is 3. The molecule has 3 aromatic rings. The predicted molar refractivity (Wildman–Crippen MR) is 129 cm³/mol. The molecule has 0 heterocycles. The van der Waals surface area contributed by atoms with Crippen molar-refractivity contribution in [2.45, 2.75) is 32.1 Å². The van der Waals surface area contributed by atoms with Crippen molar-refractivity contribution in [2.24, 2.45) is 5.92 Å². The van der Waals surface area contributed by atoms with Crippen LogP contribution in [0.5, 0.6) is 0 Å². The van der Waals surface area contributed by atoms with E-state index in [1.54, 1.807) is 0 Å². The SMILES string of the molecule is C(#C[As+](c1ccccc1)(c1ccccc1)c1ccccc1)C1CCCCC1.F[B-](F)(F)F. The first-order chi connectivity index (χ1) is 15.4. The fraction of sp³-hybridized carbons (Fsp3) is 0.231. The van der Waals surface area contributed by atoms with Crippen molar-refractivity contribution in [1.29, 1.82) is 0 Å². The Hall–Kier alpha value is -2.44. The van der Waals surface area contributed by atoms with Crippen LogP contribution in [0.15, 0.2) is 91.0 Å². The second-order valence-corrected chi connectivity index (χ2v) is 14.3. The van der Waals surface area contributed by atoms with E-state index >= 15 is 0 Å². The summed E-state index contributed by atoms with van der Waals surface area (Å²) in [7, 11) is -6.00. The average molecular weight is 500 g/mol. The molecule has 1 saturated carbocycles. The minimum Gasteiger partial charge on any atom is -0.418 e. The molecule has 0 amide bonds. The molecule has 0 aliphatic heterocycles. The number of rotatable bonds is 3. The third kappa shape index (κ3) is 6.78. The van der Waals surface area contributed by atoms with Gasteiger partial charge in [0.2, 0.25) is 0 Å². The van der Waals surface area contributed by atoms with Crippen molar-refractivity contribution in [3.63, 3.8) is 0 Å². The summed E-state index contributed by atoms with van der Waals surface area (Å²) in [5.74, 6) is 4.35. The Morgan fingerprint density at radius 3 is 1.28 bits per heavy atom. The fourth-order valence-electron chi connectivity index (χ4n) is 4.03. The summed E-state index contributed by atoms with van der Waals surface area (Å²) >= 11 is -2.83. The Kier molecular flexibility index (Phi) is 8.65. The van der Waals surface area contributed by atoms with Gasteiger partial charge in [-0.05, 0) is 0 Å². The molecule has 0 aromatic heterocycles. The molecular weight excluding hydrogens is 474 g/mol. The van der Waals surface area contributed by atoms with Crippen molar-refractivity contribution in [3.8, 4) is 10.6 Å². The molecule has 0 radical (unpaired) electrons. The summed E-state index contributed by atoms with van der Waals surface area (Å²) in [6, 6.07) is 33.1. The van der Waals surface area contributed by atoms with E-state index in [-0.39, 0.29) is 0 Å². The molecule has 32 heavy (non-hydrogen) atoms. The maximum Gasteiger partial charge on any atom is 0.673 e. The van der Waals surface area contributed by atoms with E-state index in [4.69, 9.17) is 0 Å². The molecule has 6 heteroatoms. The Bertz CT molecular complexity index is 903. The van der Waals surface area contributed by atoms with Gasteiger partial charge < -0.3 is 17.3 Å². The Balaban J connectivity index is 0.000000523. The zero-order chi connectivity index (χ0) is 22.9. The van der Waals surface area contributed by atoms with Crippen LogP contribution in [0.4, 0.5) is 17.3 Å². The van der Waals surface area contributed by atoms with Crippen molar-refractivity contribution < 1.29 is 17.3 Å². The van der Waals surface area contributed by atoms with Gasteiger partial charge in [-0.1, -0.05) is 0 Å². The monoisotopic (exact) mass is 500 g/mol. The summed E-state index contributed by atoms with van der Waals surface area (Å²) in [4.78, 5) is 0. The smallest absolute Gasteiger partial charge is 0.418 e. The van der Waals surface area contributed by atoms with E-state index in [0.717, 1.165) is 0 Å². The fourth-order valence-corrected chi connectivity index (χ4v) is 11.4. The molecule has 0 atom stereocenters. The Labute approximate surface area is 190 Å². The van der Waals surface area contributed by atoms with Crippen molar-refractivity contribution in [3.05, 3.63) is 91.0 Å². The van der Waals surface area contributed by atoms with E-state index in [0.29, 0.717) is 5.92 Å². The molecule has 0 saturated heterocycles. The van der Waals surface area contributed by atoms with Gasteiger partial charge in [0.25, 0.3) is 0 Å². The van der Waals surface area contributed by atoms with Crippen molar-refractivity contribution >= 4 is 33.9 Å². The van der Waals surface area contributed by atoms with Gasteiger partial charge in [0.1, 0.15) is 0 Å². The van der Waals surface area contributed by atoms with Crippen LogP contribution in [-0.4, -0.2) is 20.8 Å². The van der Waals surface area contributed by atoms with Gasteiger partial charge >= 0.3 is 174 Å². The number of hydrogen-bond acceptors (Lipinski definition) is 0. The minimum absolute atomic E-state index is 0.565. The topological polar surface area (TPSA) is 0 Å². The standard InChI is InChI=1S/C26H26As.BF4/c1-5-13-23(14-6-1)21-22-27(24-15-7-2-8-16-24,25-17-9-3-10-18-25)26-19-11-4-12-20-26;2-1(3,4)5/h2-4,7-12,15-20,23H,1,5-6,13-14H2;/q+1;-1. The molecular formula is C26H26AsBF4. The molecule has 0 spiro atoms. The second-order valence-electron chi connectivity index (χ2n) is 7.76. The van der Waals surface area contributed by atoms with Crippen LogP contribution in [0.25, 0.3) is 0 Å². The number of halogens is 4. The van der Waals surface area contributed by atoms with E-state index in [9.17, 15) is 17.3 Å². The van der Waals surface area contributed by atoms with Gasteiger partial charge in [-0.25, -0.2) is 0 Å². The van der Waals surface area contributed by atoms with E-state index in [2.05, 4.69) is 102 Å². The Morgan fingerprint density at radius 1 is 0.594 bits per heavy atom. The first-order valence-corrected chi connectivity index (χ1v) is 14.6. The summed E-state index contributed by atoms with van der Waals surface area (Å²) in [6.07, 6.45) is 6.57. The Morgan fingerprint density at radius 2 is 0.938 bits per heavy atom. The third-order valence-electron chi connectivity index (χ3n) is 5.47. The summed E-state index contributed by atoms with van der Waals surface area (Å²) < 4.78 is 47.2. The van der Waals surface area contributed by atoms with Crippen LogP contribution in [0.1, 0.15) is 32.1 Å². The minimum atomic E-state index is -6.00. The molecule has 1 aliphatic carbocycles. The first kappa shape index (κ1) is 24.2. The third-order valence-corrected chi connectivity index (χ3v) is 13.2. The van der Waals surface area contributed by atoms with E-state index in [1.165, 1.54) is 45.2 Å². The van der Waals surface area contributed by atoms with Crippen LogP contribution in [0, 0.1) is 16.5 Å². The number of hydrogen-bond donors (Lipinski definition) is 0. The molecule has 1 aliphatic rings. The summed E-state index contributed by atoms with van der Waals surface area (Å²) in [5, 5.41) is 0. The van der Waals surface area contributed by atoms with Gasteiger partial charge in [-0.2, -0.15) is 0 Å². The summed E-state index contributed by atoms with van der Waals surface area (Å²) in [5.41, 5.74) is 0. The van der Waals surface area contributed by atoms with Crippen LogP contribution < -0.4 is 13.1 Å². The van der Waals surface area contributed by atoms with Gasteiger partial charge in [-0.15, -0.1) is 0 Å². The second kappa shape index (κ2) is 11.4. The quantitative estimate of drug-likeness (QED) is 0.251. The van der Waals surface area contributed by atoms with Gasteiger partial charge in [0.15, 0.2) is 0 Å². The van der Waals surface area contributed by atoms with Gasteiger partial charge in [-0.3, -0.25) is 0 Å². The van der Waals surface area contributed by atoms with Crippen LogP contribution in [0.3, 0.4) is 0 Å². The zero-order valence-corrected chi connectivity index (χ0v) is 19.7. The molecule has 0 bridgehead atoms. The zero-order valence-electron chi connectivity index (χ0n) is 17.8. The van der Waals surface area contributed by atoms with Gasteiger partial charge in [0.05, 0.1) is 0 Å². The molecule has 0 unspecified atom stereocenters. The maximum atomic E-state index is 9.75. The average Bonchev–Trinajstić information content (AvgIpc) is 2.81. The van der Waals surface area contributed by atoms with Gasteiger partial charge in [0, 0.05) is 0 Å². The van der Waals surface area contributed by atoms with E-state index < -0.39 is 20.8 Å². The maximum absolute atomic E-state index is 9.75. The first-order valence-electron chi connectivity index (χ1n) is 10.9. The summed E-state index contributed by atoms with van der Waals surface area (Å²) in [6.45, 7) is 0. The normalized spacial score (nSPS) is 14.5. The van der Waals surface area contributed by atoms with Crippen LogP contribution in [0.2, 0.25) is 0 Å². The molecule has 3 aromatic carbocycles. The molecule has 4 rings (SSSR count).